The van der Waals surface area contributed by atoms with Crippen molar-refractivity contribution >= 4 is 0 Å². The van der Waals surface area contributed by atoms with Crippen molar-refractivity contribution in [3.8, 4) is 24.7 Å². The van der Waals surface area contributed by atoms with Crippen LogP contribution in [0.4, 0.5) is 0 Å². The van der Waals surface area contributed by atoms with Crippen molar-refractivity contribution in [1.29, 1.82) is 0 Å². The molecule has 2 rings (SSSR count). The monoisotopic (exact) mass is 284 g/mol. The lowest BCUT2D eigenvalue weighted by Crippen LogP contribution is -2.52. The highest BCUT2D eigenvalue weighted by atomic mass is 16.6. The topological polar surface area (TPSA) is 46.9 Å². The predicted octanol–water partition coefficient (Wildman–Crippen LogP) is 2.60. The Morgan fingerprint density at radius 2 is 1.29 bits per heavy atom. The highest BCUT2D eigenvalue weighted by Gasteiger charge is 2.58. The number of terminal acetylenes is 2. The Balaban J connectivity index is 2.58. The molecular weight excluding hydrogens is 264 g/mol. The minimum absolute atomic E-state index is 0.616. The quantitative estimate of drug-likeness (QED) is 0.778. The Morgan fingerprint density at radius 1 is 0.905 bits per heavy atom. The first kappa shape index (κ1) is 15.6. The largest absolute Gasteiger partial charge is 0.311 e. The van der Waals surface area contributed by atoms with E-state index >= 15 is 0 Å². The lowest BCUT2D eigenvalue weighted by molar-refractivity contribution is -0.223. The summed E-state index contributed by atoms with van der Waals surface area (Å²) < 4.78 is 0. The lowest BCUT2D eigenvalue weighted by atomic mass is 9.84. The van der Waals surface area contributed by atoms with Crippen molar-refractivity contribution in [2.24, 2.45) is 0 Å². The number of hydrogen-bond acceptors (Lipinski definition) is 4. The number of benzene rings is 1. The first-order valence-corrected chi connectivity index (χ1v) is 6.71. The lowest BCUT2D eigenvalue weighted by Gasteiger charge is -2.37. The van der Waals surface area contributed by atoms with Gasteiger partial charge in [-0.1, -0.05) is 11.8 Å². The van der Waals surface area contributed by atoms with Crippen LogP contribution in [0.1, 0.15) is 50.6 Å². The van der Waals surface area contributed by atoms with Crippen LogP contribution in [0.25, 0.3) is 0 Å². The molecule has 0 radical (unpaired) electrons. The van der Waals surface area contributed by atoms with Crippen molar-refractivity contribution in [3.63, 3.8) is 0 Å². The van der Waals surface area contributed by atoms with Gasteiger partial charge in [0.05, 0.1) is 11.1 Å². The molecule has 0 unspecified atom stereocenters. The molecule has 110 valence electrons. The molecule has 0 bridgehead atoms. The van der Waals surface area contributed by atoms with Gasteiger partial charge in [-0.3, -0.25) is 0 Å². The molecule has 0 amide bonds. The molecule has 0 atom stereocenters. The van der Waals surface area contributed by atoms with Crippen LogP contribution < -0.4 is 0 Å². The van der Waals surface area contributed by atoms with Gasteiger partial charge in [0, 0.05) is 11.1 Å². The van der Waals surface area contributed by atoms with Gasteiger partial charge in [-0.25, -0.2) is 0 Å². The van der Waals surface area contributed by atoms with E-state index in [2.05, 4.69) is 11.8 Å². The molecule has 1 aliphatic rings. The van der Waals surface area contributed by atoms with Gasteiger partial charge in [-0.05, 0) is 51.5 Å². The molecule has 1 aromatic rings. The van der Waals surface area contributed by atoms with Crippen molar-refractivity contribution in [2.75, 3.05) is 0 Å². The number of hydroxylamine groups is 4. The molecule has 0 saturated carbocycles. The molecule has 4 nitrogen and oxygen atoms in total. The zero-order valence-corrected chi connectivity index (χ0v) is 12.8. The van der Waals surface area contributed by atoms with E-state index in [9.17, 15) is 10.4 Å². The van der Waals surface area contributed by atoms with Gasteiger partial charge >= 0.3 is 0 Å². The fraction of sp³-hybridized carbons (Fsp3) is 0.412. The molecule has 1 aliphatic heterocycles. The average Bonchev–Trinajstić information content (AvgIpc) is 2.56. The molecule has 1 aromatic carbocycles. The normalized spacial score (nSPS) is 21.9. The summed E-state index contributed by atoms with van der Waals surface area (Å²) in [5.41, 5.74) is 0.570. The first-order valence-electron chi connectivity index (χ1n) is 6.71. The maximum Gasteiger partial charge on any atom is 0.136 e. The third kappa shape index (κ3) is 2.14. The van der Waals surface area contributed by atoms with E-state index in [1.54, 1.807) is 18.2 Å². The minimum Gasteiger partial charge on any atom is -0.311 e. The van der Waals surface area contributed by atoms with E-state index in [0.29, 0.717) is 16.7 Å². The van der Waals surface area contributed by atoms with Crippen molar-refractivity contribution in [1.82, 2.24) is 10.1 Å². The third-order valence-corrected chi connectivity index (χ3v) is 4.69. The fourth-order valence-corrected chi connectivity index (χ4v) is 2.53. The molecule has 0 aromatic heterocycles. The molecule has 2 N–H and O–H groups in total. The van der Waals surface area contributed by atoms with E-state index in [4.69, 9.17) is 12.8 Å². The highest BCUT2D eigenvalue weighted by molar-refractivity contribution is 5.46. The van der Waals surface area contributed by atoms with Gasteiger partial charge in [-0.15, -0.1) is 12.8 Å². The number of rotatable bonds is 1. The minimum atomic E-state index is -0.726. The molecule has 0 spiro atoms. The average molecular weight is 284 g/mol. The summed E-state index contributed by atoms with van der Waals surface area (Å²) in [4.78, 5) is 0. The summed E-state index contributed by atoms with van der Waals surface area (Å²) in [5.74, 6) is 5.08. The Kier molecular flexibility index (Phi) is 3.61. The smallest absolute Gasteiger partial charge is 0.136 e. The molecule has 0 aliphatic carbocycles. The van der Waals surface area contributed by atoms with Gasteiger partial charge in [0.25, 0.3) is 0 Å². The van der Waals surface area contributed by atoms with E-state index in [1.807, 2.05) is 27.7 Å². The summed E-state index contributed by atoms with van der Waals surface area (Å²) in [7, 11) is 0. The zero-order valence-electron chi connectivity index (χ0n) is 12.8. The Morgan fingerprint density at radius 3 is 1.62 bits per heavy atom. The fourth-order valence-electron chi connectivity index (χ4n) is 2.53. The number of nitrogens with zero attached hydrogens (tertiary/aromatic N) is 2. The third-order valence-electron chi connectivity index (χ3n) is 4.69. The van der Waals surface area contributed by atoms with Crippen LogP contribution in [0.15, 0.2) is 18.2 Å². The van der Waals surface area contributed by atoms with Crippen molar-refractivity contribution in [3.05, 3.63) is 34.9 Å². The van der Waals surface area contributed by atoms with E-state index in [1.165, 1.54) is 0 Å². The van der Waals surface area contributed by atoms with Gasteiger partial charge < -0.3 is 10.4 Å². The van der Waals surface area contributed by atoms with Gasteiger partial charge in [0.15, 0.2) is 0 Å². The van der Waals surface area contributed by atoms with Crippen LogP contribution in [0.5, 0.6) is 0 Å². The molecule has 4 heteroatoms. The summed E-state index contributed by atoms with van der Waals surface area (Å²) in [6.45, 7) is 7.46. The van der Waals surface area contributed by atoms with Gasteiger partial charge in [0.1, 0.15) is 6.17 Å². The van der Waals surface area contributed by atoms with Crippen LogP contribution in [-0.2, 0) is 0 Å². The van der Waals surface area contributed by atoms with Crippen LogP contribution >= 0.6 is 0 Å². The second-order valence-electron chi connectivity index (χ2n) is 6.31. The van der Waals surface area contributed by atoms with Gasteiger partial charge in [-0.2, -0.15) is 10.1 Å². The zero-order chi connectivity index (χ0) is 16.0. The predicted molar refractivity (Wildman–Crippen MR) is 80.5 cm³/mol. The summed E-state index contributed by atoms with van der Waals surface area (Å²) in [6, 6.07) is 5.21. The van der Waals surface area contributed by atoms with E-state index in [0.717, 1.165) is 10.1 Å². The number of hydrogen-bond donors (Lipinski definition) is 2. The summed E-state index contributed by atoms with van der Waals surface area (Å²) >= 11 is 0. The van der Waals surface area contributed by atoms with Crippen LogP contribution in [0.2, 0.25) is 0 Å². The molecule has 21 heavy (non-hydrogen) atoms. The first-order chi connectivity index (χ1) is 9.66. The van der Waals surface area contributed by atoms with Crippen LogP contribution in [-0.4, -0.2) is 31.6 Å². The van der Waals surface area contributed by atoms with Gasteiger partial charge in [0.2, 0.25) is 0 Å². The molecule has 1 fully saturated rings. The Labute approximate surface area is 125 Å². The second-order valence-corrected chi connectivity index (χ2v) is 6.31. The molecule has 1 saturated heterocycles. The Hall–Kier alpha value is -1.82. The van der Waals surface area contributed by atoms with E-state index < -0.39 is 17.2 Å². The highest BCUT2D eigenvalue weighted by Crippen LogP contribution is 2.47. The van der Waals surface area contributed by atoms with Crippen LogP contribution in [0.3, 0.4) is 0 Å². The van der Waals surface area contributed by atoms with E-state index in [-0.39, 0.29) is 0 Å². The SMILES string of the molecule is C#Cc1cc(C#C)cc(C2N(O)C(C)(C)C(C)(C)N2O)c1. The van der Waals surface area contributed by atoms with Crippen molar-refractivity contribution in [2.45, 2.75) is 44.9 Å². The standard InChI is InChI=1S/C17H20N2O2/c1-7-12-9-13(8-2)11-14(10-12)15-18(20)16(3,4)17(5,6)19(15)21/h1-2,9-11,15,20-21H,3-6H3. The van der Waals surface area contributed by atoms with Crippen molar-refractivity contribution < 1.29 is 10.4 Å². The molecular formula is C17H20N2O2. The maximum absolute atomic E-state index is 10.5. The maximum atomic E-state index is 10.5. The summed E-state index contributed by atoms with van der Waals surface area (Å²) in [6.07, 6.45) is 10.2. The molecule has 1 heterocycles. The Bertz CT molecular complexity index is 597. The van der Waals surface area contributed by atoms with Crippen LogP contribution in [0, 0.1) is 24.7 Å². The second kappa shape index (κ2) is 4.87. The summed E-state index contributed by atoms with van der Waals surface area (Å²) in [5, 5.41) is 23.3.